The van der Waals surface area contributed by atoms with Crippen molar-refractivity contribution in [3.63, 3.8) is 0 Å². The first-order valence-electron chi connectivity index (χ1n) is 5.56. The van der Waals surface area contributed by atoms with E-state index in [0.29, 0.717) is 6.42 Å². The van der Waals surface area contributed by atoms with Gasteiger partial charge in [0, 0.05) is 18.3 Å². The smallest absolute Gasteiger partial charge is 0.247 e. The Balaban J connectivity index is 0.000000963. The third-order valence-electron chi connectivity index (χ3n) is 3.70. The summed E-state index contributed by atoms with van der Waals surface area (Å²) in [6.07, 6.45) is 5.64. The quantitative estimate of drug-likeness (QED) is 0.784. The lowest BCUT2D eigenvalue weighted by atomic mass is 9.71. The molecule has 0 atom stereocenters. The highest BCUT2D eigenvalue weighted by atomic mass is 79.9. The number of halogens is 1. The second-order valence-corrected chi connectivity index (χ2v) is 4.73. The molecule has 0 unspecified atom stereocenters. The molecule has 1 fully saturated rings. The number of rotatable bonds is 0. The van der Waals surface area contributed by atoms with Gasteiger partial charge in [0.25, 0.3) is 0 Å². The van der Waals surface area contributed by atoms with Crippen molar-refractivity contribution in [1.82, 2.24) is 15.1 Å². The van der Waals surface area contributed by atoms with Crippen LogP contribution in [0, 0.1) is 5.41 Å². The first-order valence-corrected chi connectivity index (χ1v) is 5.56. The molecular weight excluding hydrogens is 270 g/mol. The van der Waals surface area contributed by atoms with Crippen molar-refractivity contribution >= 4 is 22.9 Å². The van der Waals surface area contributed by atoms with Crippen LogP contribution in [0.15, 0.2) is 12.3 Å². The summed E-state index contributed by atoms with van der Waals surface area (Å²) in [5, 5.41) is 7.42. The molecular formula is C11H16BrN3O. The van der Waals surface area contributed by atoms with E-state index in [1.807, 2.05) is 6.07 Å². The highest BCUT2D eigenvalue weighted by Gasteiger charge is 2.39. The fraction of sp³-hybridized carbons (Fsp3) is 0.636. The molecule has 3 heterocycles. The van der Waals surface area contributed by atoms with Gasteiger partial charge in [-0.15, -0.1) is 17.0 Å². The predicted octanol–water partition coefficient (Wildman–Crippen LogP) is 1.42. The summed E-state index contributed by atoms with van der Waals surface area (Å²) < 4.78 is 1.58. The van der Waals surface area contributed by atoms with Crippen molar-refractivity contribution in [2.45, 2.75) is 25.7 Å². The van der Waals surface area contributed by atoms with Crippen LogP contribution < -0.4 is 5.32 Å². The van der Waals surface area contributed by atoms with E-state index in [9.17, 15) is 4.79 Å². The average molecular weight is 286 g/mol. The van der Waals surface area contributed by atoms with Crippen LogP contribution in [-0.4, -0.2) is 28.8 Å². The van der Waals surface area contributed by atoms with Gasteiger partial charge in [0.1, 0.15) is 0 Å². The van der Waals surface area contributed by atoms with Crippen LogP contribution in [0.4, 0.5) is 0 Å². The first-order chi connectivity index (χ1) is 7.29. The van der Waals surface area contributed by atoms with Crippen LogP contribution in [0.5, 0.6) is 0 Å². The first kappa shape index (κ1) is 11.8. The van der Waals surface area contributed by atoms with Crippen LogP contribution in [0.1, 0.15) is 29.8 Å². The third-order valence-corrected chi connectivity index (χ3v) is 3.70. The van der Waals surface area contributed by atoms with E-state index < -0.39 is 0 Å². The molecule has 16 heavy (non-hydrogen) atoms. The molecule has 2 aliphatic rings. The van der Waals surface area contributed by atoms with E-state index in [1.165, 1.54) is 0 Å². The highest BCUT2D eigenvalue weighted by molar-refractivity contribution is 8.93. The molecule has 0 saturated carbocycles. The summed E-state index contributed by atoms with van der Waals surface area (Å²) in [4.78, 5) is 11.9. The largest absolute Gasteiger partial charge is 0.317 e. The summed E-state index contributed by atoms with van der Waals surface area (Å²) in [5.74, 6) is 0.170. The fourth-order valence-corrected chi connectivity index (χ4v) is 2.84. The normalized spacial score (nSPS) is 22.6. The lowest BCUT2D eigenvalue weighted by Crippen LogP contribution is -2.43. The van der Waals surface area contributed by atoms with E-state index in [2.05, 4.69) is 10.4 Å². The van der Waals surface area contributed by atoms with Crippen molar-refractivity contribution in [2.24, 2.45) is 5.41 Å². The van der Waals surface area contributed by atoms with Crippen LogP contribution in [-0.2, 0) is 6.42 Å². The van der Waals surface area contributed by atoms with Gasteiger partial charge in [-0.25, -0.2) is 4.68 Å². The monoisotopic (exact) mass is 285 g/mol. The van der Waals surface area contributed by atoms with Crippen molar-refractivity contribution in [3.8, 4) is 0 Å². The Morgan fingerprint density at radius 2 is 2.06 bits per heavy atom. The van der Waals surface area contributed by atoms with Crippen molar-refractivity contribution in [2.75, 3.05) is 13.1 Å². The van der Waals surface area contributed by atoms with Gasteiger partial charge in [0.15, 0.2) is 0 Å². The Kier molecular flexibility index (Phi) is 3.17. The molecule has 0 radical (unpaired) electrons. The Hall–Kier alpha value is -0.680. The summed E-state index contributed by atoms with van der Waals surface area (Å²) >= 11 is 0. The molecule has 0 amide bonds. The predicted molar refractivity (Wildman–Crippen MR) is 66.0 cm³/mol. The van der Waals surface area contributed by atoms with Gasteiger partial charge < -0.3 is 5.32 Å². The SMILES string of the molecule is Br.O=C1CC2(CCNCC2)Cc2ccnn21. The molecule has 1 aromatic rings. The zero-order valence-corrected chi connectivity index (χ0v) is 10.8. The molecule has 88 valence electrons. The molecule has 1 spiro atoms. The Morgan fingerprint density at radius 1 is 1.31 bits per heavy atom. The number of fused-ring (bicyclic) bond motifs is 1. The minimum absolute atomic E-state index is 0. The van der Waals surface area contributed by atoms with Gasteiger partial charge in [-0.05, 0) is 43.8 Å². The van der Waals surface area contributed by atoms with Crippen LogP contribution in [0.25, 0.3) is 0 Å². The highest BCUT2D eigenvalue weighted by Crippen LogP contribution is 2.39. The number of aromatic nitrogens is 2. The number of nitrogens with zero attached hydrogens (tertiary/aromatic N) is 2. The molecule has 4 nitrogen and oxygen atoms in total. The maximum atomic E-state index is 11.9. The molecule has 3 rings (SSSR count). The van der Waals surface area contributed by atoms with E-state index in [1.54, 1.807) is 10.9 Å². The molecule has 0 aromatic carbocycles. The van der Waals surface area contributed by atoms with Crippen LogP contribution in [0.2, 0.25) is 0 Å². The molecule has 2 aliphatic heterocycles. The van der Waals surface area contributed by atoms with Crippen LogP contribution in [0.3, 0.4) is 0 Å². The summed E-state index contributed by atoms with van der Waals surface area (Å²) in [5.41, 5.74) is 1.31. The van der Waals surface area contributed by atoms with E-state index >= 15 is 0 Å². The summed E-state index contributed by atoms with van der Waals surface area (Å²) in [6, 6.07) is 1.97. The van der Waals surface area contributed by atoms with Gasteiger partial charge in [-0.3, -0.25) is 4.79 Å². The average Bonchev–Trinajstić information content (AvgIpc) is 2.67. The molecule has 1 aromatic heterocycles. The molecule has 0 aliphatic carbocycles. The Morgan fingerprint density at radius 3 is 2.81 bits per heavy atom. The second kappa shape index (κ2) is 4.30. The zero-order valence-electron chi connectivity index (χ0n) is 9.11. The summed E-state index contributed by atoms with van der Waals surface area (Å²) in [7, 11) is 0. The van der Waals surface area contributed by atoms with Gasteiger partial charge in [0.2, 0.25) is 5.91 Å². The number of piperidine rings is 1. The standard InChI is InChI=1S/C11H15N3O.BrH/c15-10-8-11(2-5-12-6-3-11)7-9-1-4-13-14(9)10;/h1,4,12H,2-3,5-8H2;1H. The van der Waals surface area contributed by atoms with Crippen molar-refractivity contribution < 1.29 is 4.79 Å². The van der Waals surface area contributed by atoms with E-state index in [0.717, 1.165) is 38.0 Å². The zero-order chi connectivity index (χ0) is 10.3. The number of carbonyl (C=O) groups is 1. The number of hydrogen-bond donors (Lipinski definition) is 1. The van der Waals surface area contributed by atoms with E-state index in [-0.39, 0.29) is 28.3 Å². The molecule has 5 heteroatoms. The number of hydrogen-bond acceptors (Lipinski definition) is 3. The fourth-order valence-electron chi connectivity index (χ4n) is 2.84. The second-order valence-electron chi connectivity index (χ2n) is 4.73. The number of carbonyl (C=O) groups excluding carboxylic acids is 1. The van der Waals surface area contributed by atoms with Crippen LogP contribution >= 0.6 is 17.0 Å². The maximum absolute atomic E-state index is 11.9. The van der Waals surface area contributed by atoms with Gasteiger partial charge in [-0.2, -0.15) is 5.10 Å². The summed E-state index contributed by atoms with van der Waals surface area (Å²) in [6.45, 7) is 2.09. The van der Waals surface area contributed by atoms with Crippen molar-refractivity contribution in [3.05, 3.63) is 18.0 Å². The van der Waals surface area contributed by atoms with Gasteiger partial charge in [0.05, 0.1) is 0 Å². The molecule has 1 N–H and O–H groups in total. The lowest BCUT2D eigenvalue weighted by Gasteiger charge is -2.39. The molecule has 1 saturated heterocycles. The minimum atomic E-state index is 0. The Bertz CT molecular complexity index is 396. The topological polar surface area (TPSA) is 46.9 Å². The van der Waals surface area contributed by atoms with Gasteiger partial charge >= 0.3 is 0 Å². The lowest BCUT2D eigenvalue weighted by molar-refractivity contribution is 0.0701. The van der Waals surface area contributed by atoms with E-state index in [4.69, 9.17) is 0 Å². The van der Waals surface area contributed by atoms with Crippen molar-refractivity contribution in [1.29, 1.82) is 0 Å². The Labute approximate surface area is 105 Å². The maximum Gasteiger partial charge on any atom is 0.247 e. The number of nitrogens with one attached hydrogen (secondary N) is 1. The minimum Gasteiger partial charge on any atom is -0.317 e. The van der Waals surface area contributed by atoms with Gasteiger partial charge in [-0.1, -0.05) is 0 Å². The molecule has 0 bridgehead atoms. The third kappa shape index (κ3) is 1.82.